The van der Waals surface area contributed by atoms with Gasteiger partial charge in [0.25, 0.3) is 5.56 Å². The van der Waals surface area contributed by atoms with Crippen molar-refractivity contribution < 1.29 is 26.4 Å². The van der Waals surface area contributed by atoms with Crippen molar-refractivity contribution in [2.24, 2.45) is 0 Å². The van der Waals surface area contributed by atoms with Crippen molar-refractivity contribution in [3.8, 4) is 0 Å². The van der Waals surface area contributed by atoms with Gasteiger partial charge >= 0.3 is 11.9 Å². The van der Waals surface area contributed by atoms with Crippen LogP contribution >= 0.6 is 11.6 Å². The number of H-pyrrole nitrogens is 1. The summed E-state index contributed by atoms with van der Waals surface area (Å²) >= 11 is 6.03. The van der Waals surface area contributed by atoms with E-state index in [4.69, 9.17) is 11.6 Å². The van der Waals surface area contributed by atoms with Crippen LogP contribution in [0.5, 0.6) is 0 Å². The number of aromatic amines is 1. The van der Waals surface area contributed by atoms with Gasteiger partial charge in [-0.2, -0.15) is 13.2 Å². The van der Waals surface area contributed by atoms with Gasteiger partial charge < -0.3 is 9.88 Å². The maximum atomic E-state index is 14.2. The highest BCUT2D eigenvalue weighted by Gasteiger charge is 2.36. The smallest absolute Gasteiger partial charge is 0.342 e. The molecule has 3 aromatic rings. The van der Waals surface area contributed by atoms with E-state index in [-0.39, 0.29) is 56.2 Å². The number of benzene rings is 2. The van der Waals surface area contributed by atoms with Crippen LogP contribution in [0.1, 0.15) is 37.0 Å². The highest BCUT2D eigenvalue weighted by molar-refractivity contribution is 7.91. The summed E-state index contributed by atoms with van der Waals surface area (Å²) in [4.78, 5) is 43.7. The summed E-state index contributed by atoms with van der Waals surface area (Å²) in [5.41, 5.74) is -3.06. The number of rotatable bonds is 7. The fourth-order valence-electron chi connectivity index (χ4n) is 4.95. The first-order valence-corrected chi connectivity index (χ1v) is 14.5. The lowest BCUT2D eigenvalue weighted by Crippen LogP contribution is -2.37. The third-order valence-electron chi connectivity index (χ3n) is 7.26. The molecule has 1 saturated heterocycles. The molecule has 0 radical (unpaired) electrons. The number of sulfone groups is 1. The van der Waals surface area contributed by atoms with Crippen LogP contribution in [0.2, 0.25) is 5.02 Å². The Labute approximate surface area is 233 Å². The minimum atomic E-state index is -4.79. The zero-order valence-corrected chi connectivity index (χ0v) is 23.6. The number of nitrogens with one attached hydrogen (secondary N) is 1. The zero-order valence-electron chi connectivity index (χ0n) is 22.0. The van der Waals surface area contributed by atoms with Gasteiger partial charge in [0, 0.05) is 44.7 Å². The summed E-state index contributed by atoms with van der Waals surface area (Å²) in [6.45, 7) is 3.10. The third-order valence-corrected chi connectivity index (χ3v) is 9.33. The van der Waals surface area contributed by atoms with E-state index in [1.54, 1.807) is 16.8 Å². The standard InChI is InChI=1S/C26H28ClF3N4O5S/c1-4-40(38,39)23-6-5-18(27)9-17(23)13-34-24(36)20-11-21(26(28,29)30)16(10-22(20)31-25(34)37)12-33-8-7-19(14-33)32(3)15(2)35/h5-6,9-11,19H,4,7-8,12-14H2,1-3H3,(H,31,37). The number of carbonyl (C=O) groups excluding carboxylic acids is 1. The topological polar surface area (TPSA) is 113 Å². The largest absolute Gasteiger partial charge is 0.416 e. The van der Waals surface area contributed by atoms with Crippen LogP contribution in [0.25, 0.3) is 10.9 Å². The zero-order chi connectivity index (χ0) is 29.6. The van der Waals surface area contributed by atoms with Crippen molar-refractivity contribution in [3.63, 3.8) is 0 Å². The van der Waals surface area contributed by atoms with Gasteiger partial charge in [0.15, 0.2) is 9.84 Å². The Bertz CT molecular complexity index is 1700. The molecule has 0 spiro atoms. The third kappa shape index (κ3) is 5.96. The Kier molecular flexibility index (Phi) is 8.21. The van der Waals surface area contributed by atoms with E-state index in [2.05, 4.69) is 4.98 Å². The normalized spacial score (nSPS) is 16.5. The number of hydrogen-bond acceptors (Lipinski definition) is 6. The molecule has 9 nitrogen and oxygen atoms in total. The molecule has 1 fully saturated rings. The number of hydrogen-bond donors (Lipinski definition) is 1. The summed E-state index contributed by atoms with van der Waals surface area (Å²) in [5.74, 6) is -0.384. The van der Waals surface area contributed by atoms with Crippen molar-refractivity contribution in [1.82, 2.24) is 19.4 Å². The lowest BCUT2D eigenvalue weighted by molar-refractivity contribution is -0.138. The highest BCUT2D eigenvalue weighted by atomic mass is 35.5. The molecule has 216 valence electrons. The number of alkyl halides is 3. The summed E-state index contributed by atoms with van der Waals surface area (Å²) in [6.07, 6.45) is -4.19. The Balaban J connectivity index is 1.78. The van der Waals surface area contributed by atoms with Crippen molar-refractivity contribution in [3.05, 3.63) is 72.9 Å². The molecule has 1 atom stereocenters. The number of amides is 1. The summed E-state index contributed by atoms with van der Waals surface area (Å²) in [7, 11) is -2.11. The number of nitrogens with zero attached hydrogens (tertiary/aromatic N) is 3. The first-order valence-electron chi connectivity index (χ1n) is 12.5. The number of halogens is 4. The number of carbonyl (C=O) groups is 1. The molecule has 0 saturated carbocycles. The molecular formula is C26H28ClF3N4O5S. The second kappa shape index (κ2) is 11.0. The molecule has 2 aromatic carbocycles. The Morgan fingerprint density at radius 2 is 1.85 bits per heavy atom. The lowest BCUT2D eigenvalue weighted by Gasteiger charge is -2.24. The second-order valence-electron chi connectivity index (χ2n) is 9.84. The van der Waals surface area contributed by atoms with E-state index in [9.17, 15) is 36.0 Å². The summed E-state index contributed by atoms with van der Waals surface area (Å²) in [5, 5.41) is -0.203. The van der Waals surface area contributed by atoms with Gasteiger partial charge in [0.1, 0.15) is 0 Å². The second-order valence-corrected chi connectivity index (χ2v) is 12.5. The van der Waals surface area contributed by atoms with Crippen LogP contribution < -0.4 is 11.2 Å². The van der Waals surface area contributed by atoms with E-state index >= 15 is 0 Å². The molecule has 14 heteroatoms. The van der Waals surface area contributed by atoms with Crippen LogP contribution in [-0.4, -0.2) is 65.6 Å². The fraction of sp³-hybridized carbons (Fsp3) is 0.423. The average molecular weight is 601 g/mol. The van der Waals surface area contributed by atoms with E-state index < -0.39 is 39.4 Å². The summed E-state index contributed by atoms with van der Waals surface area (Å²) < 4.78 is 68.3. The van der Waals surface area contributed by atoms with Crippen LogP contribution in [0.4, 0.5) is 13.2 Å². The molecule has 1 aliphatic heterocycles. The van der Waals surface area contributed by atoms with Crippen molar-refractivity contribution in [2.75, 3.05) is 25.9 Å². The minimum Gasteiger partial charge on any atom is -0.342 e. The van der Waals surface area contributed by atoms with E-state index in [0.717, 1.165) is 12.1 Å². The molecule has 40 heavy (non-hydrogen) atoms. The van der Waals surface area contributed by atoms with Crippen LogP contribution in [0.15, 0.2) is 44.8 Å². The summed E-state index contributed by atoms with van der Waals surface area (Å²) in [6, 6.07) is 5.67. The first kappa shape index (κ1) is 29.8. The average Bonchev–Trinajstić information content (AvgIpc) is 3.33. The molecular weight excluding hydrogens is 573 g/mol. The van der Waals surface area contributed by atoms with E-state index in [1.165, 1.54) is 32.0 Å². The molecule has 0 aliphatic carbocycles. The predicted molar refractivity (Wildman–Crippen MR) is 144 cm³/mol. The van der Waals surface area contributed by atoms with Crippen LogP contribution in [0, 0.1) is 0 Å². The number of likely N-dealkylation sites (N-methyl/N-ethyl adjacent to an activating group) is 1. The maximum absolute atomic E-state index is 14.2. The molecule has 0 bridgehead atoms. The molecule has 1 unspecified atom stereocenters. The monoisotopic (exact) mass is 600 g/mol. The molecule has 2 heterocycles. The van der Waals surface area contributed by atoms with Crippen molar-refractivity contribution >= 4 is 38.2 Å². The Morgan fingerprint density at radius 1 is 1.15 bits per heavy atom. The SMILES string of the molecule is CCS(=O)(=O)c1ccc(Cl)cc1Cn1c(=O)[nH]c2cc(CN3CCC(N(C)C(C)=O)C3)c(C(F)(F)F)cc2c1=O. The molecule has 1 amide bonds. The Morgan fingerprint density at radius 3 is 2.48 bits per heavy atom. The van der Waals surface area contributed by atoms with Gasteiger partial charge in [-0.3, -0.25) is 19.1 Å². The number of aromatic nitrogens is 2. The van der Waals surface area contributed by atoms with Gasteiger partial charge in [-0.25, -0.2) is 13.2 Å². The maximum Gasteiger partial charge on any atom is 0.416 e. The molecule has 1 N–H and O–H groups in total. The van der Waals surface area contributed by atoms with Crippen LogP contribution in [0.3, 0.4) is 0 Å². The van der Waals surface area contributed by atoms with Crippen molar-refractivity contribution in [2.45, 2.75) is 50.5 Å². The van der Waals surface area contributed by atoms with E-state index in [0.29, 0.717) is 24.1 Å². The first-order chi connectivity index (χ1) is 18.6. The van der Waals surface area contributed by atoms with Crippen LogP contribution in [-0.2, 0) is 33.9 Å². The Hall–Kier alpha value is -3.16. The quantitative estimate of drug-likeness (QED) is 0.446. The van der Waals surface area contributed by atoms with Gasteiger partial charge in [-0.05, 0) is 47.9 Å². The van der Waals surface area contributed by atoms with Gasteiger partial charge in [0.2, 0.25) is 5.91 Å². The molecule has 4 rings (SSSR count). The molecule has 1 aliphatic rings. The van der Waals surface area contributed by atoms with Gasteiger partial charge in [-0.1, -0.05) is 18.5 Å². The number of likely N-dealkylation sites (tertiary alicyclic amines) is 1. The number of fused-ring (bicyclic) bond motifs is 1. The molecule has 1 aromatic heterocycles. The van der Waals surface area contributed by atoms with Crippen molar-refractivity contribution in [1.29, 1.82) is 0 Å². The highest BCUT2D eigenvalue weighted by Crippen LogP contribution is 2.35. The van der Waals surface area contributed by atoms with Gasteiger partial charge in [0.05, 0.1) is 33.7 Å². The minimum absolute atomic E-state index is 0.0630. The predicted octanol–water partition coefficient (Wildman–Crippen LogP) is 3.26. The fourth-order valence-corrected chi connectivity index (χ4v) is 6.26. The van der Waals surface area contributed by atoms with Gasteiger partial charge in [-0.15, -0.1) is 0 Å². The van der Waals surface area contributed by atoms with E-state index in [1.807, 2.05) is 0 Å². The lowest BCUT2D eigenvalue weighted by atomic mass is 10.0.